The third-order valence-electron chi connectivity index (χ3n) is 4.33. The van der Waals surface area contributed by atoms with Crippen LogP contribution < -0.4 is 10.6 Å². The van der Waals surface area contributed by atoms with Crippen LogP contribution >= 0.6 is 11.3 Å². The summed E-state index contributed by atoms with van der Waals surface area (Å²) in [7, 11) is 0. The number of carbonyl (C=O) groups excluding carboxylic acids is 2. The first kappa shape index (κ1) is 18.3. The van der Waals surface area contributed by atoms with Crippen LogP contribution in [0, 0.1) is 6.92 Å². The van der Waals surface area contributed by atoms with E-state index in [0.717, 1.165) is 47.9 Å². The minimum atomic E-state index is -0.306. The summed E-state index contributed by atoms with van der Waals surface area (Å²) in [6.45, 7) is 5.89. The number of nitrogens with one attached hydrogen (secondary N) is 2. The van der Waals surface area contributed by atoms with Gasteiger partial charge in [-0.15, -0.1) is 10.2 Å². The molecule has 0 unspecified atom stereocenters. The van der Waals surface area contributed by atoms with Gasteiger partial charge in [0.25, 0.3) is 5.91 Å². The number of likely N-dealkylation sites (tertiary alicyclic amines) is 1. The van der Waals surface area contributed by atoms with E-state index in [9.17, 15) is 9.59 Å². The van der Waals surface area contributed by atoms with Crippen LogP contribution in [-0.4, -0.2) is 40.1 Å². The van der Waals surface area contributed by atoms with Crippen LogP contribution in [-0.2, 0) is 13.0 Å². The molecule has 0 saturated carbocycles. The monoisotopic (exact) mass is 373 g/mol. The van der Waals surface area contributed by atoms with E-state index in [0.29, 0.717) is 17.8 Å². The van der Waals surface area contributed by atoms with Gasteiger partial charge in [0.2, 0.25) is 0 Å². The molecule has 1 fully saturated rings. The Balaban J connectivity index is 1.57. The summed E-state index contributed by atoms with van der Waals surface area (Å²) in [4.78, 5) is 26.4. The van der Waals surface area contributed by atoms with Gasteiger partial charge in [-0.25, -0.2) is 4.79 Å². The van der Waals surface area contributed by atoms with E-state index < -0.39 is 0 Å². The number of rotatable bonds is 5. The fourth-order valence-corrected chi connectivity index (χ4v) is 3.59. The minimum absolute atomic E-state index is 0.0598. The highest BCUT2D eigenvalue weighted by Crippen LogP contribution is 2.19. The second-order valence-corrected chi connectivity index (χ2v) is 7.43. The molecule has 1 saturated heterocycles. The van der Waals surface area contributed by atoms with Crippen LogP contribution in [0.3, 0.4) is 0 Å². The van der Waals surface area contributed by atoms with Gasteiger partial charge in [0.15, 0.2) is 0 Å². The molecule has 0 atom stereocenters. The summed E-state index contributed by atoms with van der Waals surface area (Å²) in [5.41, 5.74) is 2.21. The molecule has 2 aromatic rings. The predicted octanol–water partition coefficient (Wildman–Crippen LogP) is 2.97. The first-order chi connectivity index (χ1) is 12.6. The van der Waals surface area contributed by atoms with Gasteiger partial charge < -0.3 is 15.5 Å². The van der Waals surface area contributed by atoms with Crippen molar-refractivity contribution in [1.29, 1.82) is 0 Å². The number of carbonyl (C=O) groups is 2. The Labute approximate surface area is 156 Å². The molecule has 3 rings (SSSR count). The van der Waals surface area contributed by atoms with Gasteiger partial charge in [-0.3, -0.25) is 4.79 Å². The van der Waals surface area contributed by atoms with Gasteiger partial charge >= 0.3 is 6.03 Å². The van der Waals surface area contributed by atoms with Gasteiger partial charge in [-0.05, 0) is 49.9 Å². The summed E-state index contributed by atoms with van der Waals surface area (Å²) in [5, 5.41) is 15.4. The summed E-state index contributed by atoms with van der Waals surface area (Å²) in [6.07, 6.45) is 2.98. The highest BCUT2D eigenvalue weighted by molar-refractivity contribution is 7.11. The zero-order valence-electron chi connectivity index (χ0n) is 15.0. The van der Waals surface area contributed by atoms with Crippen molar-refractivity contribution < 1.29 is 9.59 Å². The lowest BCUT2D eigenvalue weighted by Crippen LogP contribution is -2.29. The van der Waals surface area contributed by atoms with Gasteiger partial charge in [0.05, 0.1) is 6.54 Å². The van der Waals surface area contributed by atoms with Crippen molar-refractivity contribution in [2.45, 2.75) is 39.7 Å². The van der Waals surface area contributed by atoms with Crippen LogP contribution in [0.5, 0.6) is 0 Å². The molecule has 2 N–H and O–H groups in total. The molecular weight excluding hydrogens is 350 g/mol. The lowest BCUT2D eigenvalue weighted by atomic mass is 10.1. The smallest absolute Gasteiger partial charge is 0.319 e. The maximum Gasteiger partial charge on any atom is 0.319 e. The molecule has 3 amide bonds. The van der Waals surface area contributed by atoms with E-state index in [1.54, 1.807) is 12.1 Å². The molecule has 26 heavy (non-hydrogen) atoms. The molecule has 0 bridgehead atoms. The Morgan fingerprint density at radius 3 is 2.58 bits per heavy atom. The third-order valence-corrected chi connectivity index (χ3v) is 5.39. The molecule has 0 spiro atoms. The fourth-order valence-electron chi connectivity index (χ4n) is 2.86. The first-order valence-electron chi connectivity index (χ1n) is 8.83. The van der Waals surface area contributed by atoms with Crippen LogP contribution in [0.15, 0.2) is 18.2 Å². The number of hydrogen-bond acceptors (Lipinski definition) is 5. The van der Waals surface area contributed by atoms with E-state index >= 15 is 0 Å². The number of amides is 3. The summed E-state index contributed by atoms with van der Waals surface area (Å²) >= 11 is 1.49. The predicted molar refractivity (Wildman–Crippen MR) is 101 cm³/mol. The quantitative estimate of drug-likeness (QED) is 0.843. The van der Waals surface area contributed by atoms with Crippen molar-refractivity contribution in [2.24, 2.45) is 0 Å². The number of hydrogen-bond donors (Lipinski definition) is 2. The number of benzene rings is 1. The zero-order valence-corrected chi connectivity index (χ0v) is 15.9. The van der Waals surface area contributed by atoms with Crippen molar-refractivity contribution in [3.8, 4) is 0 Å². The fraction of sp³-hybridized carbons (Fsp3) is 0.444. The molecule has 2 heterocycles. The van der Waals surface area contributed by atoms with Gasteiger partial charge in [-0.1, -0.05) is 18.3 Å². The second-order valence-electron chi connectivity index (χ2n) is 6.28. The van der Waals surface area contributed by atoms with Crippen molar-refractivity contribution in [2.75, 3.05) is 18.4 Å². The summed E-state index contributed by atoms with van der Waals surface area (Å²) in [6, 6.07) is 5.06. The van der Waals surface area contributed by atoms with Gasteiger partial charge in [0, 0.05) is 24.3 Å². The molecule has 8 heteroatoms. The molecule has 1 aliphatic rings. The van der Waals surface area contributed by atoms with E-state index in [1.807, 2.05) is 24.8 Å². The Bertz CT molecular complexity index is 799. The molecule has 1 aromatic carbocycles. The largest absolute Gasteiger partial charge is 0.339 e. The average Bonchev–Trinajstić information content (AvgIpc) is 3.32. The lowest BCUT2D eigenvalue weighted by Gasteiger charge is -2.16. The van der Waals surface area contributed by atoms with Crippen molar-refractivity contribution in [3.05, 3.63) is 39.3 Å². The van der Waals surface area contributed by atoms with E-state index in [-0.39, 0.29) is 11.9 Å². The number of anilines is 1. The molecule has 1 aromatic heterocycles. The highest BCUT2D eigenvalue weighted by atomic mass is 32.1. The number of nitrogens with zero attached hydrogens (tertiary/aromatic N) is 3. The normalized spacial score (nSPS) is 13.7. The Morgan fingerprint density at radius 1 is 1.19 bits per heavy atom. The molecule has 138 valence electrons. The van der Waals surface area contributed by atoms with E-state index in [4.69, 9.17) is 0 Å². The number of aryl methyl sites for hydroxylation is 2. The molecule has 0 radical (unpaired) electrons. The number of urea groups is 1. The SMILES string of the molecule is CCc1nnc(CNC(=O)Nc2ccc(C(=O)N3CCCC3)cc2C)s1. The van der Waals surface area contributed by atoms with E-state index in [1.165, 1.54) is 11.3 Å². The Morgan fingerprint density at radius 2 is 1.92 bits per heavy atom. The first-order valence-corrected chi connectivity index (χ1v) is 9.64. The number of aromatic nitrogens is 2. The van der Waals surface area contributed by atoms with Crippen molar-refractivity contribution >= 4 is 29.0 Å². The maximum atomic E-state index is 12.4. The maximum absolute atomic E-state index is 12.4. The Kier molecular flexibility index (Phi) is 5.82. The highest BCUT2D eigenvalue weighted by Gasteiger charge is 2.20. The topological polar surface area (TPSA) is 87.2 Å². The molecule has 7 nitrogen and oxygen atoms in total. The second kappa shape index (κ2) is 8.27. The average molecular weight is 373 g/mol. The molecule has 0 aliphatic carbocycles. The van der Waals surface area contributed by atoms with Gasteiger partial charge in [0.1, 0.15) is 10.0 Å². The van der Waals surface area contributed by atoms with Crippen molar-refractivity contribution in [3.63, 3.8) is 0 Å². The molecular formula is C18H23N5O2S. The summed E-state index contributed by atoms with van der Waals surface area (Å²) < 4.78 is 0. The lowest BCUT2D eigenvalue weighted by molar-refractivity contribution is 0.0792. The van der Waals surface area contributed by atoms with Crippen LogP contribution in [0.4, 0.5) is 10.5 Å². The van der Waals surface area contributed by atoms with Crippen LogP contribution in [0.1, 0.15) is 45.7 Å². The standard InChI is InChI=1S/C18H23N5O2S/c1-3-15-21-22-16(26-15)11-19-18(25)20-14-7-6-13(10-12(14)2)17(24)23-8-4-5-9-23/h6-7,10H,3-5,8-9,11H2,1-2H3,(H2,19,20,25). The summed E-state index contributed by atoms with van der Waals surface area (Å²) in [5.74, 6) is 0.0598. The third kappa shape index (κ3) is 4.37. The van der Waals surface area contributed by atoms with E-state index in [2.05, 4.69) is 20.8 Å². The van der Waals surface area contributed by atoms with Crippen molar-refractivity contribution in [1.82, 2.24) is 20.4 Å². The van der Waals surface area contributed by atoms with Gasteiger partial charge in [-0.2, -0.15) is 0 Å². The van der Waals surface area contributed by atoms with Crippen LogP contribution in [0.2, 0.25) is 0 Å². The Hall–Kier alpha value is -2.48. The van der Waals surface area contributed by atoms with Crippen LogP contribution in [0.25, 0.3) is 0 Å². The molecule has 1 aliphatic heterocycles. The zero-order chi connectivity index (χ0) is 18.5. The minimum Gasteiger partial charge on any atom is -0.339 e.